The first-order valence-corrected chi connectivity index (χ1v) is 10.8. The van der Waals surface area contributed by atoms with E-state index >= 15 is 0 Å². The number of hydrogen-bond acceptors (Lipinski definition) is 2. The number of fused-ring (bicyclic) bond motifs is 3. The first-order valence-electron chi connectivity index (χ1n) is 10.8. The van der Waals surface area contributed by atoms with E-state index in [4.69, 9.17) is 0 Å². The highest BCUT2D eigenvalue weighted by Gasteiger charge is 2.30. The maximum Gasteiger partial charge on any atom is 0.326 e. The minimum absolute atomic E-state index is 0.00388. The number of nitrogens with one attached hydrogen (secondary N) is 1. The SMILES string of the molecule is CCC(C(=O)O)n1c2c(c3cc(F)ccc31)C[C@@H](NC(=O)CCc1ccccc1)CC2. The lowest BCUT2D eigenvalue weighted by Crippen LogP contribution is -2.39. The fourth-order valence-electron chi connectivity index (χ4n) is 4.71. The number of halogens is 1. The number of aryl methyl sites for hydroxylation is 1. The summed E-state index contributed by atoms with van der Waals surface area (Å²) in [5, 5.41) is 13.6. The molecule has 0 bridgehead atoms. The number of carboxylic acid groups (broad SMARTS) is 1. The summed E-state index contributed by atoms with van der Waals surface area (Å²) in [6.07, 6.45) is 3.52. The third kappa shape index (κ3) is 4.33. The smallest absolute Gasteiger partial charge is 0.326 e. The average molecular weight is 423 g/mol. The van der Waals surface area contributed by atoms with Gasteiger partial charge in [0, 0.05) is 29.1 Å². The van der Waals surface area contributed by atoms with Crippen molar-refractivity contribution < 1.29 is 19.1 Å². The van der Waals surface area contributed by atoms with Gasteiger partial charge in [-0.05, 0) is 61.4 Å². The van der Waals surface area contributed by atoms with Gasteiger partial charge in [-0.1, -0.05) is 37.3 Å². The van der Waals surface area contributed by atoms with Gasteiger partial charge in [-0.25, -0.2) is 9.18 Å². The molecule has 31 heavy (non-hydrogen) atoms. The van der Waals surface area contributed by atoms with E-state index in [2.05, 4.69) is 5.32 Å². The lowest BCUT2D eigenvalue weighted by molar-refractivity contribution is -0.141. The third-order valence-electron chi connectivity index (χ3n) is 6.19. The van der Waals surface area contributed by atoms with Gasteiger partial charge in [-0.15, -0.1) is 0 Å². The second-order valence-corrected chi connectivity index (χ2v) is 8.21. The molecule has 0 saturated carbocycles. The Morgan fingerprint density at radius 2 is 2.00 bits per heavy atom. The van der Waals surface area contributed by atoms with Crippen molar-refractivity contribution in [2.24, 2.45) is 0 Å². The normalized spacial score (nSPS) is 16.6. The van der Waals surface area contributed by atoms with Crippen molar-refractivity contribution in [1.29, 1.82) is 0 Å². The first-order chi connectivity index (χ1) is 15.0. The van der Waals surface area contributed by atoms with Crippen LogP contribution >= 0.6 is 0 Å². The quantitative estimate of drug-likeness (QED) is 0.592. The first kappa shape index (κ1) is 21.1. The van der Waals surface area contributed by atoms with E-state index in [1.165, 1.54) is 12.1 Å². The number of carboxylic acids is 1. The molecule has 1 aliphatic carbocycles. The fourth-order valence-corrected chi connectivity index (χ4v) is 4.71. The van der Waals surface area contributed by atoms with Crippen LogP contribution in [0.4, 0.5) is 4.39 Å². The highest BCUT2D eigenvalue weighted by atomic mass is 19.1. The van der Waals surface area contributed by atoms with Crippen LogP contribution < -0.4 is 5.32 Å². The Bertz CT molecular complexity index is 1110. The number of carbonyl (C=O) groups excluding carboxylic acids is 1. The average Bonchev–Trinajstić information content (AvgIpc) is 3.06. The van der Waals surface area contributed by atoms with Gasteiger partial charge in [-0.3, -0.25) is 4.79 Å². The van der Waals surface area contributed by atoms with Crippen molar-refractivity contribution in [3.8, 4) is 0 Å². The Morgan fingerprint density at radius 1 is 1.23 bits per heavy atom. The second-order valence-electron chi connectivity index (χ2n) is 8.21. The molecule has 0 fully saturated rings. The molecule has 3 aromatic rings. The maximum atomic E-state index is 14.0. The minimum Gasteiger partial charge on any atom is -0.480 e. The van der Waals surface area contributed by atoms with Crippen LogP contribution in [0.25, 0.3) is 10.9 Å². The van der Waals surface area contributed by atoms with E-state index in [0.717, 1.165) is 34.1 Å². The Balaban J connectivity index is 1.56. The number of benzene rings is 2. The number of amides is 1. The Kier molecular flexibility index (Phi) is 6.07. The molecule has 0 radical (unpaired) electrons. The number of aromatic nitrogens is 1. The highest BCUT2D eigenvalue weighted by Crippen LogP contribution is 2.36. The van der Waals surface area contributed by atoms with Gasteiger partial charge in [0.2, 0.25) is 5.91 Å². The maximum absolute atomic E-state index is 14.0. The van der Waals surface area contributed by atoms with Crippen molar-refractivity contribution in [1.82, 2.24) is 9.88 Å². The summed E-state index contributed by atoms with van der Waals surface area (Å²) >= 11 is 0. The van der Waals surface area contributed by atoms with Gasteiger partial charge in [0.15, 0.2) is 0 Å². The lowest BCUT2D eigenvalue weighted by Gasteiger charge is -2.26. The van der Waals surface area contributed by atoms with Crippen LogP contribution in [0.1, 0.15) is 49.0 Å². The molecule has 2 aromatic carbocycles. The van der Waals surface area contributed by atoms with E-state index in [0.29, 0.717) is 32.1 Å². The van der Waals surface area contributed by atoms with Crippen molar-refractivity contribution in [2.75, 3.05) is 0 Å². The van der Waals surface area contributed by atoms with Gasteiger partial charge in [0.25, 0.3) is 0 Å². The topological polar surface area (TPSA) is 71.3 Å². The summed E-state index contributed by atoms with van der Waals surface area (Å²) in [6, 6.07) is 13.7. The van der Waals surface area contributed by atoms with Gasteiger partial charge in [-0.2, -0.15) is 0 Å². The van der Waals surface area contributed by atoms with Crippen molar-refractivity contribution >= 4 is 22.8 Å². The van der Waals surface area contributed by atoms with Crippen molar-refractivity contribution in [3.05, 3.63) is 71.2 Å². The van der Waals surface area contributed by atoms with E-state index in [1.54, 1.807) is 6.07 Å². The summed E-state index contributed by atoms with van der Waals surface area (Å²) in [6.45, 7) is 1.85. The molecule has 162 valence electrons. The van der Waals surface area contributed by atoms with Crippen LogP contribution in [-0.4, -0.2) is 27.6 Å². The highest BCUT2D eigenvalue weighted by molar-refractivity contribution is 5.88. The standard InChI is InChI=1S/C25H27FN2O3/c1-2-21(25(30)31)28-22-11-9-17(26)14-19(22)20-15-18(10-12-23(20)28)27-24(29)13-8-16-6-4-3-5-7-16/h3-7,9,11,14,18,21H,2,8,10,12-13,15H2,1H3,(H,27,29)(H,30,31)/t18-,21?/m0/s1. The number of hydrogen-bond donors (Lipinski definition) is 2. The van der Waals surface area contributed by atoms with Crippen molar-refractivity contribution in [2.45, 2.75) is 57.5 Å². The molecule has 1 heterocycles. The predicted octanol–water partition coefficient (Wildman–Crippen LogP) is 4.42. The molecule has 0 aliphatic heterocycles. The molecule has 5 nitrogen and oxygen atoms in total. The molecular weight excluding hydrogens is 395 g/mol. The van der Waals surface area contributed by atoms with Gasteiger partial charge >= 0.3 is 5.97 Å². The van der Waals surface area contributed by atoms with Crippen LogP contribution in [0.2, 0.25) is 0 Å². The second kappa shape index (κ2) is 8.92. The van der Waals surface area contributed by atoms with E-state index in [9.17, 15) is 19.1 Å². The molecule has 1 aromatic heterocycles. The van der Waals surface area contributed by atoms with Crippen LogP contribution in [0, 0.1) is 5.82 Å². The number of carbonyl (C=O) groups is 2. The third-order valence-corrected chi connectivity index (χ3v) is 6.19. The van der Waals surface area contributed by atoms with Crippen LogP contribution in [0.5, 0.6) is 0 Å². The van der Waals surface area contributed by atoms with Crippen LogP contribution in [0.15, 0.2) is 48.5 Å². The molecular formula is C25H27FN2O3. The molecule has 6 heteroatoms. The lowest BCUT2D eigenvalue weighted by atomic mass is 9.91. The van der Waals surface area contributed by atoms with Crippen molar-refractivity contribution in [3.63, 3.8) is 0 Å². The van der Waals surface area contributed by atoms with E-state index in [1.807, 2.05) is 41.8 Å². The predicted molar refractivity (Wildman–Crippen MR) is 118 cm³/mol. The zero-order valence-corrected chi connectivity index (χ0v) is 17.6. The Morgan fingerprint density at radius 3 is 2.71 bits per heavy atom. The molecule has 2 N–H and O–H groups in total. The summed E-state index contributed by atoms with van der Waals surface area (Å²) in [7, 11) is 0. The zero-order chi connectivity index (χ0) is 22.0. The zero-order valence-electron chi connectivity index (χ0n) is 17.6. The summed E-state index contributed by atoms with van der Waals surface area (Å²) in [4.78, 5) is 24.4. The van der Waals surface area contributed by atoms with Gasteiger partial charge < -0.3 is 15.0 Å². The molecule has 0 saturated heterocycles. The minimum atomic E-state index is -0.886. The Labute approximate surface area is 180 Å². The van der Waals surface area contributed by atoms with E-state index < -0.39 is 12.0 Å². The number of nitrogens with zero attached hydrogens (tertiary/aromatic N) is 1. The largest absolute Gasteiger partial charge is 0.480 e. The van der Waals surface area contributed by atoms with Gasteiger partial charge in [0.05, 0.1) is 0 Å². The molecule has 1 amide bonds. The van der Waals surface area contributed by atoms with Crippen LogP contribution in [0.3, 0.4) is 0 Å². The summed E-state index contributed by atoms with van der Waals surface area (Å²) < 4.78 is 15.9. The number of rotatable bonds is 7. The monoisotopic (exact) mass is 422 g/mol. The summed E-state index contributed by atoms with van der Waals surface area (Å²) in [5.41, 5.74) is 3.77. The van der Waals surface area contributed by atoms with Gasteiger partial charge in [0.1, 0.15) is 11.9 Å². The molecule has 0 spiro atoms. The molecule has 2 atom stereocenters. The Hall–Kier alpha value is -3.15. The summed E-state index contributed by atoms with van der Waals surface area (Å²) in [5.74, 6) is -1.23. The number of aliphatic carboxylic acids is 1. The molecule has 1 aliphatic rings. The molecule has 4 rings (SSSR count). The van der Waals surface area contributed by atoms with E-state index in [-0.39, 0.29) is 17.8 Å². The fraction of sp³-hybridized carbons (Fsp3) is 0.360. The molecule has 1 unspecified atom stereocenters. The van der Waals surface area contributed by atoms with Crippen LogP contribution in [-0.2, 0) is 28.9 Å².